The Morgan fingerprint density at radius 1 is 0.731 bits per heavy atom. The smallest absolute Gasteiger partial charge is 0.369 e. The van der Waals surface area contributed by atoms with Gasteiger partial charge in [-0.2, -0.15) is 0 Å². The largest absolute Gasteiger partial charge is 0.563 e. The number of aromatic nitrogens is 2. The molecule has 6 heteroatoms. The van der Waals surface area contributed by atoms with Crippen molar-refractivity contribution >= 4 is 15.0 Å². The lowest BCUT2D eigenvalue weighted by molar-refractivity contribution is 0.580. The average molecular weight is 342 g/mol. The van der Waals surface area contributed by atoms with Gasteiger partial charge in [-0.1, -0.05) is 26.0 Å². The highest BCUT2D eigenvalue weighted by Gasteiger charge is 2.16. The van der Waals surface area contributed by atoms with Gasteiger partial charge in [0.1, 0.15) is 11.5 Å². The SMILES string of the molecule is CC[B]Oc1cc(-c2ccccn2)c(O[B]CC)cc1-c1ccccn1. The van der Waals surface area contributed by atoms with Gasteiger partial charge in [0.25, 0.3) is 0 Å². The van der Waals surface area contributed by atoms with E-state index >= 15 is 0 Å². The first-order chi connectivity index (χ1) is 12.8. The first-order valence-corrected chi connectivity index (χ1v) is 8.81. The molecule has 0 aliphatic heterocycles. The van der Waals surface area contributed by atoms with Crippen molar-refractivity contribution in [3.05, 3.63) is 60.9 Å². The van der Waals surface area contributed by atoms with Gasteiger partial charge in [0.05, 0.1) is 11.4 Å². The normalized spacial score (nSPS) is 10.2. The molecule has 26 heavy (non-hydrogen) atoms. The Labute approximate surface area is 156 Å². The summed E-state index contributed by atoms with van der Waals surface area (Å²) in [6.07, 6.45) is 5.16. The molecular weight excluding hydrogens is 322 g/mol. The molecule has 0 N–H and O–H groups in total. The molecule has 0 bridgehead atoms. The Bertz CT molecular complexity index is 759. The van der Waals surface area contributed by atoms with Gasteiger partial charge in [-0.25, -0.2) is 0 Å². The lowest BCUT2D eigenvalue weighted by atomic mass is 9.94. The maximum absolute atomic E-state index is 5.90. The Hall–Kier alpha value is -2.75. The first kappa shape index (κ1) is 18.1. The van der Waals surface area contributed by atoms with E-state index in [4.69, 9.17) is 9.31 Å². The summed E-state index contributed by atoms with van der Waals surface area (Å²) >= 11 is 0. The van der Waals surface area contributed by atoms with E-state index in [0.717, 1.165) is 46.7 Å². The summed E-state index contributed by atoms with van der Waals surface area (Å²) in [5, 5.41) is 0. The predicted octanol–water partition coefficient (Wildman–Crippen LogP) is 4.68. The molecular formula is C20H20B2N2O2. The van der Waals surface area contributed by atoms with Gasteiger partial charge < -0.3 is 9.31 Å². The molecule has 128 valence electrons. The van der Waals surface area contributed by atoms with Gasteiger partial charge in [-0.15, -0.1) is 0 Å². The maximum atomic E-state index is 5.90. The summed E-state index contributed by atoms with van der Waals surface area (Å²) in [5.74, 6) is 1.46. The maximum Gasteiger partial charge on any atom is 0.369 e. The molecule has 0 amide bonds. The van der Waals surface area contributed by atoms with Crippen molar-refractivity contribution in [2.45, 2.75) is 26.5 Å². The van der Waals surface area contributed by atoms with Crippen LogP contribution in [0.25, 0.3) is 22.5 Å². The summed E-state index contributed by atoms with van der Waals surface area (Å²) in [4.78, 5) is 8.93. The fourth-order valence-electron chi connectivity index (χ4n) is 2.55. The fraction of sp³-hybridized carbons (Fsp3) is 0.200. The number of benzene rings is 1. The Morgan fingerprint density at radius 3 is 1.54 bits per heavy atom. The van der Waals surface area contributed by atoms with Crippen molar-refractivity contribution in [3.8, 4) is 34.0 Å². The Balaban J connectivity index is 2.14. The predicted molar refractivity (Wildman–Crippen MR) is 107 cm³/mol. The third kappa shape index (κ3) is 4.26. The Kier molecular flexibility index (Phi) is 6.31. The van der Waals surface area contributed by atoms with E-state index in [1.54, 1.807) is 27.4 Å². The molecule has 0 aliphatic carbocycles. The van der Waals surface area contributed by atoms with Gasteiger partial charge in [-0.3, -0.25) is 9.97 Å². The lowest BCUT2D eigenvalue weighted by Crippen LogP contribution is -2.05. The van der Waals surface area contributed by atoms with Crippen LogP contribution >= 0.6 is 0 Å². The highest BCUT2D eigenvalue weighted by Crippen LogP contribution is 2.39. The highest BCUT2D eigenvalue weighted by molar-refractivity contribution is 6.28. The summed E-state index contributed by atoms with van der Waals surface area (Å²) in [7, 11) is 3.56. The fourth-order valence-corrected chi connectivity index (χ4v) is 2.55. The molecule has 0 fully saturated rings. The van der Waals surface area contributed by atoms with E-state index in [-0.39, 0.29) is 0 Å². The third-order valence-electron chi connectivity index (χ3n) is 3.72. The van der Waals surface area contributed by atoms with Crippen LogP contribution in [-0.4, -0.2) is 24.9 Å². The van der Waals surface area contributed by atoms with Gasteiger partial charge in [0.2, 0.25) is 0 Å². The molecule has 0 saturated heterocycles. The number of hydrogen-bond donors (Lipinski definition) is 0. The minimum absolute atomic E-state index is 0.732. The van der Waals surface area contributed by atoms with Crippen molar-refractivity contribution in [2.75, 3.05) is 0 Å². The number of pyridine rings is 2. The monoisotopic (exact) mass is 342 g/mol. The topological polar surface area (TPSA) is 44.2 Å². The molecule has 0 aliphatic rings. The van der Waals surface area contributed by atoms with E-state index in [1.165, 1.54) is 0 Å². The molecule has 0 unspecified atom stereocenters. The zero-order valence-electron chi connectivity index (χ0n) is 15.1. The third-order valence-corrected chi connectivity index (χ3v) is 3.72. The standard InChI is InChI=1S/C20H20B2N2O2/c1-3-21-25-19-13-16(18-10-6-8-12-24-18)20(26-22-4-2)14-15(19)17-9-5-7-11-23-17/h5-14H,3-4H2,1-2H3. The summed E-state index contributed by atoms with van der Waals surface area (Å²) in [6.45, 7) is 4.07. The van der Waals surface area contributed by atoms with Crippen LogP contribution in [0.1, 0.15) is 13.8 Å². The second-order valence-corrected chi connectivity index (χ2v) is 5.66. The summed E-state index contributed by atoms with van der Waals surface area (Å²) in [6, 6.07) is 15.6. The molecule has 0 saturated carbocycles. The highest BCUT2D eigenvalue weighted by atomic mass is 16.4. The first-order valence-electron chi connectivity index (χ1n) is 8.81. The van der Waals surface area contributed by atoms with Gasteiger partial charge in [0, 0.05) is 23.5 Å². The number of hydrogen-bond acceptors (Lipinski definition) is 4. The van der Waals surface area contributed by atoms with Crippen molar-refractivity contribution in [3.63, 3.8) is 0 Å². The van der Waals surface area contributed by atoms with Crippen LogP contribution in [0.2, 0.25) is 12.6 Å². The minimum Gasteiger partial charge on any atom is -0.563 e. The lowest BCUT2D eigenvalue weighted by Gasteiger charge is -2.17. The molecule has 0 spiro atoms. The number of rotatable bonds is 8. The second kappa shape index (κ2) is 9.09. The molecule has 1 aromatic carbocycles. The van der Waals surface area contributed by atoms with Crippen LogP contribution in [0.15, 0.2) is 60.9 Å². The van der Waals surface area contributed by atoms with Crippen molar-refractivity contribution < 1.29 is 9.31 Å². The molecule has 3 rings (SSSR count). The molecule has 3 aromatic rings. The van der Waals surface area contributed by atoms with E-state index < -0.39 is 0 Å². The van der Waals surface area contributed by atoms with Crippen LogP contribution in [0.4, 0.5) is 0 Å². The van der Waals surface area contributed by atoms with E-state index in [9.17, 15) is 0 Å². The van der Waals surface area contributed by atoms with Crippen LogP contribution in [0, 0.1) is 0 Å². The second-order valence-electron chi connectivity index (χ2n) is 5.66. The van der Waals surface area contributed by atoms with Crippen LogP contribution in [-0.2, 0) is 0 Å². The van der Waals surface area contributed by atoms with Crippen molar-refractivity contribution in [1.29, 1.82) is 0 Å². The minimum atomic E-state index is 0.732. The van der Waals surface area contributed by atoms with Crippen molar-refractivity contribution in [2.24, 2.45) is 0 Å². The van der Waals surface area contributed by atoms with Crippen LogP contribution < -0.4 is 9.31 Å². The van der Waals surface area contributed by atoms with Crippen molar-refractivity contribution in [1.82, 2.24) is 9.97 Å². The van der Waals surface area contributed by atoms with Crippen LogP contribution in [0.5, 0.6) is 11.5 Å². The molecule has 0 atom stereocenters. The zero-order chi connectivity index (χ0) is 18.2. The van der Waals surface area contributed by atoms with Gasteiger partial charge in [-0.05, 0) is 49.0 Å². The number of nitrogens with zero attached hydrogens (tertiary/aromatic N) is 2. The van der Waals surface area contributed by atoms with E-state index in [0.29, 0.717) is 0 Å². The average Bonchev–Trinajstić information content (AvgIpc) is 2.71. The molecule has 2 radical (unpaired) electrons. The van der Waals surface area contributed by atoms with Crippen LogP contribution in [0.3, 0.4) is 0 Å². The summed E-state index contributed by atoms with van der Waals surface area (Å²) in [5.41, 5.74) is 3.44. The molecule has 4 nitrogen and oxygen atoms in total. The Morgan fingerprint density at radius 2 is 1.19 bits per heavy atom. The zero-order valence-corrected chi connectivity index (χ0v) is 15.1. The summed E-state index contributed by atoms with van der Waals surface area (Å²) < 4.78 is 11.8. The van der Waals surface area contributed by atoms with E-state index in [2.05, 4.69) is 9.97 Å². The molecule has 2 heterocycles. The quantitative estimate of drug-likeness (QED) is 0.558. The van der Waals surface area contributed by atoms with Gasteiger partial charge >= 0.3 is 15.0 Å². The molecule has 2 aromatic heterocycles. The van der Waals surface area contributed by atoms with E-state index in [1.807, 2.05) is 62.4 Å². The van der Waals surface area contributed by atoms with Gasteiger partial charge in [0.15, 0.2) is 0 Å².